The van der Waals surface area contributed by atoms with Gasteiger partial charge in [-0.05, 0) is 86.3 Å². The van der Waals surface area contributed by atoms with Crippen LogP contribution in [0.15, 0.2) is 72.9 Å². The van der Waals surface area contributed by atoms with E-state index in [2.05, 4.69) is 38.3 Å². The topological polar surface area (TPSA) is 31.4 Å². The summed E-state index contributed by atoms with van der Waals surface area (Å²) >= 11 is 6.16. The fourth-order valence-electron chi connectivity index (χ4n) is 5.83. The van der Waals surface area contributed by atoms with E-state index in [4.69, 9.17) is 11.6 Å². The zero-order chi connectivity index (χ0) is 25.9. The summed E-state index contributed by atoms with van der Waals surface area (Å²) in [5.41, 5.74) is 2.05. The molecule has 3 heterocycles. The Hall–Kier alpha value is -2.61. The van der Waals surface area contributed by atoms with Crippen molar-refractivity contribution in [1.82, 2.24) is 14.8 Å². The van der Waals surface area contributed by atoms with Crippen molar-refractivity contribution in [2.75, 3.05) is 44.6 Å². The first-order chi connectivity index (χ1) is 17.8. The second kappa shape index (κ2) is 11.0. The molecule has 0 saturated carbocycles. The third kappa shape index (κ3) is 6.11. The molecular formula is C29H32ClF3N4. The predicted molar refractivity (Wildman–Crippen MR) is 142 cm³/mol. The molecule has 1 aromatic heterocycles. The van der Waals surface area contributed by atoms with Crippen LogP contribution in [0.2, 0.25) is 5.02 Å². The highest BCUT2D eigenvalue weighted by atomic mass is 35.5. The quantitative estimate of drug-likeness (QED) is 0.368. The monoisotopic (exact) mass is 528 g/mol. The minimum Gasteiger partial charge on any atom is -0.383 e. The number of pyridine rings is 1. The highest BCUT2D eigenvalue weighted by molar-refractivity contribution is 6.30. The van der Waals surface area contributed by atoms with E-state index >= 15 is 0 Å². The van der Waals surface area contributed by atoms with Gasteiger partial charge in [-0.1, -0.05) is 41.9 Å². The Kier molecular flexibility index (Phi) is 7.75. The van der Waals surface area contributed by atoms with Gasteiger partial charge >= 0.3 is 6.18 Å². The molecule has 3 aromatic rings. The number of nitrogens with zero attached hydrogens (tertiary/aromatic N) is 3. The van der Waals surface area contributed by atoms with Crippen LogP contribution in [0.25, 0.3) is 0 Å². The molecule has 0 bridgehead atoms. The summed E-state index contributed by atoms with van der Waals surface area (Å²) in [5, 5.41) is 3.73. The van der Waals surface area contributed by atoms with Gasteiger partial charge in [-0.3, -0.25) is 9.88 Å². The number of alkyl halides is 3. The Morgan fingerprint density at radius 1 is 0.919 bits per heavy atom. The Morgan fingerprint density at radius 2 is 1.62 bits per heavy atom. The smallest absolute Gasteiger partial charge is 0.383 e. The first kappa shape index (κ1) is 26.0. The molecule has 1 unspecified atom stereocenters. The van der Waals surface area contributed by atoms with E-state index in [9.17, 15) is 13.2 Å². The van der Waals surface area contributed by atoms with Gasteiger partial charge in [0.2, 0.25) is 0 Å². The number of hydrogen-bond donors (Lipinski definition) is 1. The number of halogens is 4. The molecule has 0 radical (unpaired) electrons. The van der Waals surface area contributed by atoms with Crippen molar-refractivity contribution >= 4 is 17.3 Å². The minimum atomic E-state index is -4.35. The molecule has 1 spiro atoms. The van der Waals surface area contributed by atoms with Crippen LogP contribution in [0.4, 0.5) is 18.9 Å². The van der Waals surface area contributed by atoms with Gasteiger partial charge in [0.15, 0.2) is 0 Å². The number of benzene rings is 2. The number of nitrogens with one attached hydrogen (secondary N) is 1. The molecule has 5 rings (SSSR count). The van der Waals surface area contributed by atoms with Crippen molar-refractivity contribution in [2.45, 2.75) is 31.5 Å². The minimum absolute atomic E-state index is 0.0915. The van der Waals surface area contributed by atoms with Crippen molar-refractivity contribution in [3.63, 3.8) is 0 Å². The number of para-hydroxylation sites is 1. The number of rotatable bonds is 7. The standard InChI is InChI=1S/C29H32ClF3N4/c30-23-10-8-22(9-11-23)27(26-7-3-4-15-34-26)37-19-14-28(21-37)12-17-36(18-13-28)20-16-35-25-6-2-1-5-24(25)29(31,32)33/h1-11,15,27,35H,12-14,16-21H2. The molecule has 2 saturated heterocycles. The lowest BCUT2D eigenvalue weighted by Gasteiger charge is -2.40. The number of hydrogen-bond acceptors (Lipinski definition) is 4. The first-order valence-corrected chi connectivity index (χ1v) is 13.2. The van der Waals surface area contributed by atoms with E-state index in [1.807, 2.05) is 30.5 Å². The molecular weight excluding hydrogens is 497 g/mol. The first-order valence-electron chi connectivity index (χ1n) is 12.9. The maximum absolute atomic E-state index is 13.3. The molecule has 2 aromatic carbocycles. The summed E-state index contributed by atoms with van der Waals surface area (Å²) in [6.07, 6.45) is 0.837. The third-order valence-electron chi connectivity index (χ3n) is 7.88. The summed E-state index contributed by atoms with van der Waals surface area (Å²) < 4.78 is 39.8. The van der Waals surface area contributed by atoms with Crippen LogP contribution in [0.1, 0.15) is 42.1 Å². The van der Waals surface area contributed by atoms with Crippen LogP contribution in [0.5, 0.6) is 0 Å². The average Bonchev–Trinajstić information content (AvgIpc) is 3.30. The van der Waals surface area contributed by atoms with Gasteiger partial charge in [0.25, 0.3) is 0 Å². The average molecular weight is 529 g/mol. The summed E-state index contributed by atoms with van der Waals surface area (Å²) in [6, 6.07) is 19.9. The van der Waals surface area contributed by atoms with E-state index < -0.39 is 11.7 Å². The molecule has 4 nitrogen and oxygen atoms in total. The van der Waals surface area contributed by atoms with Crippen LogP contribution >= 0.6 is 11.6 Å². The van der Waals surface area contributed by atoms with Crippen molar-refractivity contribution in [1.29, 1.82) is 0 Å². The lowest BCUT2D eigenvalue weighted by molar-refractivity contribution is -0.136. The summed E-state index contributed by atoms with van der Waals surface area (Å²) in [4.78, 5) is 9.61. The van der Waals surface area contributed by atoms with E-state index in [0.717, 1.165) is 68.8 Å². The molecule has 2 fully saturated rings. The van der Waals surface area contributed by atoms with E-state index in [0.29, 0.717) is 6.54 Å². The SMILES string of the molecule is FC(F)(F)c1ccccc1NCCN1CCC2(CC1)CCN(C(c1ccc(Cl)cc1)c1ccccn1)C2. The molecule has 2 aliphatic rings. The summed E-state index contributed by atoms with van der Waals surface area (Å²) in [6.45, 7) is 5.18. The van der Waals surface area contributed by atoms with Gasteiger partial charge < -0.3 is 10.2 Å². The van der Waals surface area contributed by atoms with Crippen molar-refractivity contribution in [3.05, 3.63) is 94.8 Å². The summed E-state index contributed by atoms with van der Waals surface area (Å²) in [7, 11) is 0. The zero-order valence-corrected chi connectivity index (χ0v) is 21.5. The molecule has 0 aliphatic carbocycles. The van der Waals surface area contributed by atoms with Gasteiger partial charge in [0.1, 0.15) is 0 Å². The molecule has 196 valence electrons. The number of aromatic nitrogens is 1. The molecule has 37 heavy (non-hydrogen) atoms. The molecule has 0 amide bonds. The van der Waals surface area contributed by atoms with Crippen LogP contribution in [0, 0.1) is 5.41 Å². The number of piperidine rings is 1. The Morgan fingerprint density at radius 3 is 2.32 bits per heavy atom. The van der Waals surface area contributed by atoms with Crippen LogP contribution < -0.4 is 5.32 Å². The third-order valence-corrected chi connectivity index (χ3v) is 8.13. The lowest BCUT2D eigenvalue weighted by atomic mass is 9.77. The van der Waals surface area contributed by atoms with Crippen LogP contribution in [-0.2, 0) is 6.18 Å². The van der Waals surface area contributed by atoms with Crippen molar-refractivity contribution in [2.24, 2.45) is 5.41 Å². The predicted octanol–water partition coefficient (Wildman–Crippen LogP) is 6.74. The van der Waals surface area contributed by atoms with Gasteiger partial charge in [0, 0.05) is 36.5 Å². The number of likely N-dealkylation sites (tertiary alicyclic amines) is 2. The van der Waals surface area contributed by atoms with Gasteiger partial charge in [0.05, 0.1) is 17.3 Å². The molecule has 1 atom stereocenters. The Labute approximate surface area is 221 Å². The zero-order valence-electron chi connectivity index (χ0n) is 20.7. The fraction of sp³-hybridized carbons (Fsp3) is 0.414. The lowest BCUT2D eigenvalue weighted by Crippen LogP contribution is -2.43. The molecule has 1 N–H and O–H groups in total. The van der Waals surface area contributed by atoms with Crippen molar-refractivity contribution in [3.8, 4) is 0 Å². The Bertz CT molecular complexity index is 1160. The fourth-order valence-corrected chi connectivity index (χ4v) is 5.96. The highest BCUT2D eigenvalue weighted by Crippen LogP contribution is 2.44. The highest BCUT2D eigenvalue weighted by Gasteiger charge is 2.43. The Balaban J connectivity index is 1.18. The van der Waals surface area contributed by atoms with Crippen molar-refractivity contribution < 1.29 is 13.2 Å². The maximum Gasteiger partial charge on any atom is 0.418 e. The van der Waals surface area contributed by atoms with Crippen LogP contribution in [0.3, 0.4) is 0 Å². The van der Waals surface area contributed by atoms with Gasteiger partial charge in [-0.15, -0.1) is 0 Å². The second-order valence-electron chi connectivity index (χ2n) is 10.2. The largest absolute Gasteiger partial charge is 0.418 e. The van der Waals surface area contributed by atoms with E-state index in [1.54, 1.807) is 6.07 Å². The van der Waals surface area contributed by atoms with E-state index in [-0.39, 0.29) is 17.1 Å². The second-order valence-corrected chi connectivity index (χ2v) is 10.7. The number of anilines is 1. The van der Waals surface area contributed by atoms with Gasteiger partial charge in [-0.25, -0.2) is 0 Å². The van der Waals surface area contributed by atoms with E-state index in [1.165, 1.54) is 17.7 Å². The van der Waals surface area contributed by atoms with Gasteiger partial charge in [-0.2, -0.15) is 13.2 Å². The molecule has 2 aliphatic heterocycles. The maximum atomic E-state index is 13.3. The normalized spacial score (nSPS) is 19.2. The summed E-state index contributed by atoms with van der Waals surface area (Å²) in [5.74, 6) is 0. The van der Waals surface area contributed by atoms with Crippen LogP contribution in [-0.4, -0.2) is 54.1 Å². The molecule has 8 heteroatoms.